The molecule has 1 aromatic carbocycles. The fourth-order valence-electron chi connectivity index (χ4n) is 2.37. The number of aryl methyl sites for hydroxylation is 2. The maximum atomic E-state index is 11.9. The first-order valence-electron chi connectivity index (χ1n) is 7.31. The van der Waals surface area contributed by atoms with Crippen LogP contribution in [0.3, 0.4) is 0 Å². The normalized spacial score (nSPS) is 10.8. The van der Waals surface area contributed by atoms with Crippen molar-refractivity contribution in [1.82, 2.24) is 20.1 Å². The van der Waals surface area contributed by atoms with Gasteiger partial charge in [-0.3, -0.25) is 14.5 Å². The molecule has 0 unspecified atom stereocenters. The van der Waals surface area contributed by atoms with Gasteiger partial charge in [-0.25, -0.2) is 0 Å². The first-order valence-corrected chi connectivity index (χ1v) is 7.31. The fraction of sp³-hybridized carbons (Fsp3) is 0.235. The predicted octanol–water partition coefficient (Wildman–Crippen LogP) is 2.45. The highest BCUT2D eigenvalue weighted by molar-refractivity contribution is 5.80. The van der Waals surface area contributed by atoms with Crippen molar-refractivity contribution >= 4 is 16.8 Å². The zero-order valence-electron chi connectivity index (χ0n) is 12.5. The van der Waals surface area contributed by atoms with Gasteiger partial charge in [-0.05, 0) is 31.2 Å². The topological polar surface area (TPSA) is 59.8 Å². The Balaban J connectivity index is 1.56. The quantitative estimate of drug-likeness (QED) is 0.786. The van der Waals surface area contributed by atoms with Crippen LogP contribution in [-0.4, -0.2) is 20.7 Å². The van der Waals surface area contributed by atoms with E-state index in [2.05, 4.69) is 34.5 Å². The summed E-state index contributed by atoms with van der Waals surface area (Å²) in [4.78, 5) is 16.1. The standard InChI is InChI=1S/C17H18N4O/c1-13-5-6-16-14(10-13)11-20-21(16)9-7-17(22)19-12-15-4-2-3-8-18-15/h2-6,8,10-11H,7,9,12H2,1H3,(H,19,22). The van der Waals surface area contributed by atoms with Gasteiger partial charge in [0.15, 0.2) is 0 Å². The van der Waals surface area contributed by atoms with Crippen molar-refractivity contribution in [3.05, 3.63) is 60.0 Å². The molecule has 0 atom stereocenters. The van der Waals surface area contributed by atoms with E-state index in [1.807, 2.05) is 35.1 Å². The lowest BCUT2D eigenvalue weighted by Crippen LogP contribution is -2.24. The Morgan fingerprint density at radius 3 is 3.00 bits per heavy atom. The van der Waals surface area contributed by atoms with Crippen molar-refractivity contribution in [3.63, 3.8) is 0 Å². The Bertz CT molecular complexity index is 780. The van der Waals surface area contributed by atoms with Gasteiger partial charge in [0.2, 0.25) is 5.91 Å². The van der Waals surface area contributed by atoms with Gasteiger partial charge in [-0.1, -0.05) is 17.7 Å². The molecule has 1 N–H and O–H groups in total. The summed E-state index contributed by atoms with van der Waals surface area (Å²) in [6, 6.07) is 11.9. The van der Waals surface area contributed by atoms with Crippen molar-refractivity contribution in [2.24, 2.45) is 0 Å². The number of amides is 1. The molecular weight excluding hydrogens is 276 g/mol. The van der Waals surface area contributed by atoms with Crippen molar-refractivity contribution < 1.29 is 4.79 Å². The SMILES string of the molecule is Cc1ccc2c(cnn2CCC(=O)NCc2ccccn2)c1. The maximum Gasteiger partial charge on any atom is 0.222 e. The number of pyridine rings is 1. The van der Waals surface area contributed by atoms with Crippen LogP contribution in [0.4, 0.5) is 0 Å². The van der Waals surface area contributed by atoms with E-state index in [-0.39, 0.29) is 5.91 Å². The molecule has 0 saturated heterocycles. The molecule has 0 aliphatic heterocycles. The maximum absolute atomic E-state index is 11.9. The largest absolute Gasteiger partial charge is 0.350 e. The molecule has 0 fully saturated rings. The summed E-state index contributed by atoms with van der Waals surface area (Å²) >= 11 is 0. The number of hydrogen-bond donors (Lipinski definition) is 1. The van der Waals surface area contributed by atoms with Crippen molar-refractivity contribution in [1.29, 1.82) is 0 Å². The summed E-state index contributed by atoms with van der Waals surface area (Å²) in [5.41, 5.74) is 3.12. The molecule has 2 aromatic heterocycles. The van der Waals surface area contributed by atoms with Crippen molar-refractivity contribution in [3.8, 4) is 0 Å². The number of benzene rings is 1. The lowest BCUT2D eigenvalue weighted by molar-refractivity contribution is -0.121. The third-order valence-electron chi connectivity index (χ3n) is 3.54. The van der Waals surface area contributed by atoms with Crippen LogP contribution in [0, 0.1) is 6.92 Å². The van der Waals surface area contributed by atoms with Crippen LogP contribution in [-0.2, 0) is 17.9 Å². The summed E-state index contributed by atoms with van der Waals surface area (Å²) in [7, 11) is 0. The van der Waals surface area contributed by atoms with Gasteiger partial charge in [0.25, 0.3) is 0 Å². The van der Waals surface area contributed by atoms with Crippen LogP contribution in [0.1, 0.15) is 17.7 Å². The Labute approximate surface area is 129 Å². The predicted molar refractivity (Wildman–Crippen MR) is 85.2 cm³/mol. The van der Waals surface area contributed by atoms with Gasteiger partial charge < -0.3 is 5.32 Å². The Morgan fingerprint density at radius 1 is 1.27 bits per heavy atom. The van der Waals surface area contributed by atoms with E-state index in [9.17, 15) is 4.79 Å². The molecule has 0 saturated carbocycles. The molecule has 3 aromatic rings. The number of carbonyl (C=O) groups is 1. The van der Waals surface area contributed by atoms with Gasteiger partial charge in [0, 0.05) is 18.0 Å². The number of nitrogens with zero attached hydrogens (tertiary/aromatic N) is 3. The summed E-state index contributed by atoms with van der Waals surface area (Å²) in [6.07, 6.45) is 3.96. The molecule has 1 amide bonds. The third kappa shape index (κ3) is 3.31. The van der Waals surface area contributed by atoms with Crippen LogP contribution in [0.25, 0.3) is 10.9 Å². The molecule has 0 aliphatic carbocycles. The molecule has 2 heterocycles. The van der Waals surface area contributed by atoms with E-state index in [1.54, 1.807) is 6.20 Å². The fourth-order valence-corrected chi connectivity index (χ4v) is 2.37. The molecule has 0 radical (unpaired) electrons. The number of nitrogens with one attached hydrogen (secondary N) is 1. The molecule has 3 rings (SSSR count). The van der Waals surface area contributed by atoms with Crippen LogP contribution >= 0.6 is 0 Å². The highest BCUT2D eigenvalue weighted by Gasteiger charge is 2.06. The third-order valence-corrected chi connectivity index (χ3v) is 3.54. The van der Waals surface area contributed by atoms with E-state index in [0.29, 0.717) is 19.5 Å². The first kappa shape index (κ1) is 14.3. The van der Waals surface area contributed by atoms with Gasteiger partial charge >= 0.3 is 0 Å². The smallest absolute Gasteiger partial charge is 0.222 e. The minimum absolute atomic E-state index is 0.00131. The van der Waals surface area contributed by atoms with E-state index in [0.717, 1.165) is 16.6 Å². The number of hydrogen-bond acceptors (Lipinski definition) is 3. The molecular formula is C17H18N4O. The molecule has 0 aliphatic rings. The van der Waals surface area contributed by atoms with Crippen LogP contribution in [0.5, 0.6) is 0 Å². The summed E-state index contributed by atoms with van der Waals surface area (Å²) < 4.78 is 1.87. The van der Waals surface area contributed by atoms with Gasteiger partial charge in [-0.2, -0.15) is 5.10 Å². The molecule has 0 spiro atoms. The van der Waals surface area contributed by atoms with E-state index in [1.165, 1.54) is 5.56 Å². The monoisotopic (exact) mass is 294 g/mol. The number of aromatic nitrogens is 3. The van der Waals surface area contributed by atoms with Crippen LogP contribution < -0.4 is 5.32 Å². The molecule has 5 heteroatoms. The Morgan fingerprint density at radius 2 is 2.18 bits per heavy atom. The van der Waals surface area contributed by atoms with E-state index >= 15 is 0 Å². The zero-order valence-corrected chi connectivity index (χ0v) is 12.5. The molecule has 22 heavy (non-hydrogen) atoms. The first-order chi connectivity index (χ1) is 10.7. The number of rotatable bonds is 5. The van der Waals surface area contributed by atoms with Crippen molar-refractivity contribution in [2.75, 3.05) is 0 Å². The van der Waals surface area contributed by atoms with Gasteiger partial charge in [0.1, 0.15) is 0 Å². The second kappa shape index (κ2) is 6.39. The number of fused-ring (bicyclic) bond motifs is 1. The summed E-state index contributed by atoms with van der Waals surface area (Å²) in [6.45, 7) is 3.08. The van der Waals surface area contributed by atoms with Crippen LogP contribution in [0.2, 0.25) is 0 Å². The van der Waals surface area contributed by atoms with E-state index in [4.69, 9.17) is 0 Å². The minimum atomic E-state index is 0.00131. The van der Waals surface area contributed by atoms with Gasteiger partial charge in [-0.15, -0.1) is 0 Å². The average molecular weight is 294 g/mol. The van der Waals surface area contributed by atoms with Gasteiger partial charge in [0.05, 0.1) is 30.5 Å². The highest BCUT2D eigenvalue weighted by Crippen LogP contribution is 2.15. The Hall–Kier alpha value is -2.69. The highest BCUT2D eigenvalue weighted by atomic mass is 16.1. The second-order valence-electron chi connectivity index (χ2n) is 5.28. The summed E-state index contributed by atoms with van der Waals surface area (Å²) in [5, 5.41) is 8.33. The second-order valence-corrected chi connectivity index (χ2v) is 5.28. The number of carbonyl (C=O) groups excluding carboxylic acids is 1. The van der Waals surface area contributed by atoms with Crippen LogP contribution in [0.15, 0.2) is 48.8 Å². The molecule has 5 nitrogen and oxygen atoms in total. The summed E-state index contributed by atoms with van der Waals surface area (Å²) in [5.74, 6) is 0.00131. The molecule has 112 valence electrons. The lowest BCUT2D eigenvalue weighted by Gasteiger charge is -2.06. The van der Waals surface area contributed by atoms with Crippen molar-refractivity contribution in [2.45, 2.75) is 26.4 Å². The average Bonchev–Trinajstić information content (AvgIpc) is 2.94. The lowest BCUT2D eigenvalue weighted by atomic mass is 10.2. The molecule has 0 bridgehead atoms. The minimum Gasteiger partial charge on any atom is -0.350 e. The van der Waals surface area contributed by atoms with E-state index < -0.39 is 0 Å². The zero-order chi connectivity index (χ0) is 15.4. The Kier molecular flexibility index (Phi) is 4.14.